The van der Waals surface area contributed by atoms with E-state index in [-0.39, 0.29) is 28.2 Å². The summed E-state index contributed by atoms with van der Waals surface area (Å²) < 4.78 is 15.6. The molecule has 1 aliphatic rings. The van der Waals surface area contributed by atoms with Gasteiger partial charge < -0.3 is 5.32 Å². The summed E-state index contributed by atoms with van der Waals surface area (Å²) in [4.78, 5) is 30.1. The van der Waals surface area contributed by atoms with E-state index in [0.29, 0.717) is 16.1 Å². The van der Waals surface area contributed by atoms with Crippen LogP contribution in [0.3, 0.4) is 0 Å². The molecule has 1 saturated carbocycles. The minimum Gasteiger partial charge on any atom is -0.323 e. The third-order valence-corrected chi connectivity index (χ3v) is 5.83. The summed E-state index contributed by atoms with van der Waals surface area (Å²) in [6.07, 6.45) is 1.84. The van der Waals surface area contributed by atoms with Crippen molar-refractivity contribution in [1.82, 2.24) is 9.55 Å². The zero-order valence-electron chi connectivity index (χ0n) is 15.0. The number of para-hydroxylation sites is 1. The number of nitrogens with zero attached hydrogens (tertiary/aromatic N) is 2. The van der Waals surface area contributed by atoms with E-state index < -0.39 is 11.1 Å². The second-order valence-corrected chi connectivity index (χ2v) is 8.44. The number of amides is 1. The van der Waals surface area contributed by atoms with E-state index in [1.165, 1.54) is 23.9 Å². The Kier molecular flexibility index (Phi) is 5.12. The average molecular weight is 418 g/mol. The Morgan fingerprint density at radius 2 is 2.07 bits per heavy atom. The molecule has 8 heteroatoms. The fraction of sp³-hybridized carbons (Fsp3) is 0.250. The first-order valence-corrected chi connectivity index (χ1v) is 10.1. The lowest BCUT2D eigenvalue weighted by Crippen LogP contribution is -2.26. The number of benzene rings is 2. The molecule has 1 heterocycles. The van der Waals surface area contributed by atoms with Gasteiger partial charge in [-0.2, -0.15) is 0 Å². The standard InChI is InChI=1S/C20H17ClFN3O2S/c1-11(18(26)23-17-9-6-12(21)10-15(17)22)28-20-24-16-5-3-2-4-14(16)19(27)25(20)13-7-8-13/h2-6,9-11,13H,7-8H2,1H3,(H,23,26). The van der Waals surface area contributed by atoms with Gasteiger partial charge in [-0.3, -0.25) is 14.2 Å². The van der Waals surface area contributed by atoms with Gasteiger partial charge in [-0.05, 0) is 50.1 Å². The fourth-order valence-corrected chi connectivity index (χ4v) is 4.04. The molecule has 1 fully saturated rings. The van der Waals surface area contributed by atoms with Crippen molar-refractivity contribution in [3.05, 3.63) is 63.7 Å². The monoisotopic (exact) mass is 417 g/mol. The largest absolute Gasteiger partial charge is 0.323 e. The second-order valence-electron chi connectivity index (χ2n) is 6.69. The average Bonchev–Trinajstić information content (AvgIpc) is 3.49. The molecule has 2 aromatic carbocycles. The van der Waals surface area contributed by atoms with Gasteiger partial charge in [0.1, 0.15) is 5.82 Å². The Hall–Kier alpha value is -2.38. The van der Waals surface area contributed by atoms with Crippen molar-refractivity contribution in [2.75, 3.05) is 5.32 Å². The lowest BCUT2D eigenvalue weighted by atomic mass is 10.2. The van der Waals surface area contributed by atoms with E-state index in [0.717, 1.165) is 18.9 Å². The molecule has 1 aromatic heterocycles. The highest BCUT2D eigenvalue weighted by atomic mass is 35.5. The molecule has 1 atom stereocenters. The molecule has 0 radical (unpaired) electrons. The first kappa shape index (κ1) is 19.0. The molecular formula is C20H17ClFN3O2S. The molecule has 0 aliphatic heterocycles. The summed E-state index contributed by atoms with van der Waals surface area (Å²) in [5, 5.41) is 3.32. The first-order valence-electron chi connectivity index (χ1n) is 8.88. The molecule has 0 saturated heterocycles. The highest BCUT2D eigenvalue weighted by molar-refractivity contribution is 8.00. The van der Waals surface area contributed by atoms with E-state index in [9.17, 15) is 14.0 Å². The second kappa shape index (κ2) is 7.56. The van der Waals surface area contributed by atoms with Crippen molar-refractivity contribution in [1.29, 1.82) is 0 Å². The van der Waals surface area contributed by atoms with E-state index in [2.05, 4.69) is 10.3 Å². The summed E-state index contributed by atoms with van der Waals surface area (Å²) in [5.74, 6) is -0.979. The minimum absolute atomic E-state index is 0.0629. The van der Waals surface area contributed by atoms with Gasteiger partial charge in [0, 0.05) is 11.1 Å². The Bertz CT molecular complexity index is 1130. The van der Waals surface area contributed by atoms with Gasteiger partial charge in [-0.25, -0.2) is 9.37 Å². The molecule has 1 amide bonds. The van der Waals surface area contributed by atoms with Gasteiger partial charge in [-0.15, -0.1) is 0 Å². The molecule has 144 valence electrons. The Balaban J connectivity index is 1.61. The van der Waals surface area contributed by atoms with Gasteiger partial charge in [0.15, 0.2) is 5.16 Å². The zero-order chi connectivity index (χ0) is 19.8. The third kappa shape index (κ3) is 3.77. The topological polar surface area (TPSA) is 64.0 Å². The fourth-order valence-electron chi connectivity index (χ4n) is 2.90. The van der Waals surface area contributed by atoms with Crippen molar-refractivity contribution in [3.8, 4) is 0 Å². The number of anilines is 1. The number of rotatable bonds is 5. The quantitative estimate of drug-likeness (QED) is 0.485. The van der Waals surface area contributed by atoms with E-state index in [4.69, 9.17) is 11.6 Å². The van der Waals surface area contributed by atoms with E-state index >= 15 is 0 Å². The van der Waals surface area contributed by atoms with Crippen LogP contribution in [0.15, 0.2) is 52.4 Å². The molecule has 1 unspecified atom stereocenters. The van der Waals surface area contributed by atoms with Crippen LogP contribution in [0.1, 0.15) is 25.8 Å². The normalized spacial score (nSPS) is 14.8. The maximum Gasteiger partial charge on any atom is 0.262 e. The lowest BCUT2D eigenvalue weighted by molar-refractivity contribution is -0.115. The molecular weight excluding hydrogens is 401 g/mol. The van der Waals surface area contributed by atoms with Gasteiger partial charge >= 0.3 is 0 Å². The number of carbonyl (C=O) groups is 1. The minimum atomic E-state index is -0.600. The Labute approximate surface area is 169 Å². The van der Waals surface area contributed by atoms with Crippen LogP contribution in [0.25, 0.3) is 10.9 Å². The number of hydrogen-bond acceptors (Lipinski definition) is 4. The molecule has 3 aromatic rings. The van der Waals surface area contributed by atoms with Gasteiger partial charge in [0.05, 0.1) is 21.8 Å². The van der Waals surface area contributed by atoms with Crippen LogP contribution < -0.4 is 10.9 Å². The van der Waals surface area contributed by atoms with Crippen molar-refractivity contribution >= 4 is 45.9 Å². The molecule has 28 heavy (non-hydrogen) atoms. The van der Waals surface area contributed by atoms with Gasteiger partial charge in [0.25, 0.3) is 5.56 Å². The van der Waals surface area contributed by atoms with Crippen LogP contribution in [0.2, 0.25) is 5.02 Å². The number of nitrogens with one attached hydrogen (secondary N) is 1. The highest BCUT2D eigenvalue weighted by Crippen LogP contribution is 2.37. The lowest BCUT2D eigenvalue weighted by Gasteiger charge is -2.16. The number of thioether (sulfide) groups is 1. The van der Waals surface area contributed by atoms with Crippen LogP contribution in [-0.2, 0) is 4.79 Å². The molecule has 0 bridgehead atoms. The number of aromatic nitrogens is 2. The summed E-state index contributed by atoms with van der Waals surface area (Å²) in [5.41, 5.74) is 0.572. The Morgan fingerprint density at radius 3 is 2.79 bits per heavy atom. The zero-order valence-corrected chi connectivity index (χ0v) is 16.6. The molecule has 0 spiro atoms. The summed E-state index contributed by atoms with van der Waals surface area (Å²) in [6.45, 7) is 1.70. The third-order valence-electron chi connectivity index (χ3n) is 4.53. The number of halogens is 2. The molecule has 4 rings (SSSR count). The van der Waals surface area contributed by atoms with Crippen molar-refractivity contribution in [3.63, 3.8) is 0 Å². The predicted octanol–water partition coefficient (Wildman–Crippen LogP) is 4.64. The number of fused-ring (bicyclic) bond motifs is 1. The molecule has 1 N–H and O–H groups in total. The maximum absolute atomic E-state index is 13.9. The number of hydrogen-bond donors (Lipinski definition) is 1. The molecule has 1 aliphatic carbocycles. The SMILES string of the molecule is CC(Sc1nc2ccccc2c(=O)n1C1CC1)C(=O)Nc1ccc(Cl)cc1F. The first-order chi connectivity index (χ1) is 13.4. The van der Waals surface area contributed by atoms with Crippen LogP contribution in [0, 0.1) is 5.82 Å². The van der Waals surface area contributed by atoms with Crippen molar-refractivity contribution < 1.29 is 9.18 Å². The van der Waals surface area contributed by atoms with Crippen LogP contribution in [-0.4, -0.2) is 20.7 Å². The molecule has 5 nitrogen and oxygen atoms in total. The number of carbonyl (C=O) groups excluding carboxylic acids is 1. The van der Waals surface area contributed by atoms with Gasteiger partial charge in [0.2, 0.25) is 5.91 Å². The van der Waals surface area contributed by atoms with Crippen LogP contribution >= 0.6 is 23.4 Å². The summed E-state index contributed by atoms with van der Waals surface area (Å²) in [6, 6.07) is 11.4. The Morgan fingerprint density at radius 1 is 1.32 bits per heavy atom. The van der Waals surface area contributed by atoms with Crippen molar-refractivity contribution in [2.45, 2.75) is 36.2 Å². The smallest absolute Gasteiger partial charge is 0.262 e. The van der Waals surface area contributed by atoms with E-state index in [1.807, 2.05) is 12.1 Å². The summed E-state index contributed by atoms with van der Waals surface area (Å²) in [7, 11) is 0. The summed E-state index contributed by atoms with van der Waals surface area (Å²) >= 11 is 6.94. The van der Waals surface area contributed by atoms with Crippen LogP contribution in [0.4, 0.5) is 10.1 Å². The maximum atomic E-state index is 13.9. The van der Waals surface area contributed by atoms with Crippen molar-refractivity contribution in [2.24, 2.45) is 0 Å². The van der Waals surface area contributed by atoms with Gasteiger partial charge in [-0.1, -0.05) is 35.5 Å². The predicted molar refractivity (Wildman–Crippen MR) is 110 cm³/mol. The highest BCUT2D eigenvalue weighted by Gasteiger charge is 2.30. The van der Waals surface area contributed by atoms with E-state index in [1.54, 1.807) is 23.6 Å². The van der Waals surface area contributed by atoms with Crippen LogP contribution in [0.5, 0.6) is 0 Å².